The molecule has 1 fully saturated rings. The monoisotopic (exact) mass is 536 g/mol. The van der Waals surface area contributed by atoms with Gasteiger partial charge < -0.3 is 15.3 Å². The minimum Gasteiger partial charge on any atom is -0.494 e. The van der Waals surface area contributed by atoms with Crippen molar-refractivity contribution in [3.05, 3.63) is 52.9 Å². The highest BCUT2D eigenvalue weighted by Crippen LogP contribution is 2.37. The Morgan fingerprint density at radius 1 is 1.10 bits per heavy atom. The molecule has 0 radical (unpaired) electrons. The maximum atomic E-state index is 10.2. The SMILES string of the molecule is CI.COc1c(/C=C/CCC2CCC(C)CC2)ccc(-c2ccc(ON=O)cc2)c1N. The second-order valence-electron chi connectivity index (χ2n) is 7.95. The van der Waals surface area contributed by atoms with E-state index in [-0.39, 0.29) is 0 Å². The number of nitrogens with zero attached hydrogens (tertiary/aromatic N) is 1. The van der Waals surface area contributed by atoms with E-state index in [0.29, 0.717) is 17.2 Å². The summed E-state index contributed by atoms with van der Waals surface area (Å²) in [7, 11) is 1.64. The van der Waals surface area contributed by atoms with Gasteiger partial charge in [0.1, 0.15) is 5.75 Å². The average Bonchev–Trinajstić information content (AvgIpc) is 2.80. The van der Waals surface area contributed by atoms with Crippen LogP contribution in [0.25, 0.3) is 17.2 Å². The molecule has 0 unspecified atom stereocenters. The summed E-state index contributed by atoms with van der Waals surface area (Å²) in [5.41, 5.74) is 9.77. The lowest BCUT2D eigenvalue weighted by atomic mass is 9.81. The standard InChI is InChI=1S/C24H30N2O3.CH3I/c1-17-7-9-18(10-8-17)5-3-4-6-20-13-16-22(23(25)24(20)28-2)19-11-14-21(15-12-19)29-26-27;1-2/h4,6,11-18H,3,5,7-10,25H2,1-2H3;1H3/b6-4+;. The number of ether oxygens (including phenoxy) is 1. The van der Waals surface area contributed by atoms with Gasteiger partial charge in [-0.3, -0.25) is 0 Å². The summed E-state index contributed by atoms with van der Waals surface area (Å²) in [5.74, 6) is 2.84. The van der Waals surface area contributed by atoms with Crippen molar-refractivity contribution in [2.24, 2.45) is 17.2 Å². The van der Waals surface area contributed by atoms with Crippen LogP contribution in [-0.4, -0.2) is 12.0 Å². The van der Waals surface area contributed by atoms with Gasteiger partial charge in [0.25, 0.3) is 0 Å². The summed E-state index contributed by atoms with van der Waals surface area (Å²) in [4.78, 5) is 16.8. The largest absolute Gasteiger partial charge is 0.494 e. The zero-order chi connectivity index (χ0) is 22.6. The van der Waals surface area contributed by atoms with E-state index >= 15 is 0 Å². The lowest BCUT2D eigenvalue weighted by Gasteiger charge is -2.25. The molecule has 5 nitrogen and oxygen atoms in total. The number of methoxy groups -OCH3 is 1. The van der Waals surface area contributed by atoms with Crippen LogP contribution in [0.2, 0.25) is 0 Å². The Labute approximate surface area is 199 Å². The van der Waals surface area contributed by atoms with Gasteiger partial charge in [0.15, 0.2) is 11.1 Å². The maximum Gasteiger partial charge on any atom is 0.161 e. The fraction of sp³-hybridized carbons (Fsp3) is 0.440. The van der Waals surface area contributed by atoms with Crippen LogP contribution in [0.4, 0.5) is 5.69 Å². The van der Waals surface area contributed by atoms with Crippen molar-refractivity contribution in [2.75, 3.05) is 17.8 Å². The number of halogens is 1. The number of anilines is 1. The lowest BCUT2D eigenvalue weighted by molar-refractivity contribution is 0.279. The molecular formula is C25H33IN2O3. The molecule has 0 atom stereocenters. The highest BCUT2D eigenvalue weighted by atomic mass is 127. The number of alkyl halides is 1. The molecule has 1 saturated carbocycles. The first-order chi connectivity index (χ1) is 15.1. The van der Waals surface area contributed by atoms with Crippen LogP contribution in [0.3, 0.4) is 0 Å². The highest BCUT2D eigenvalue weighted by molar-refractivity contribution is 14.1. The van der Waals surface area contributed by atoms with Crippen molar-refractivity contribution in [2.45, 2.75) is 45.4 Å². The highest BCUT2D eigenvalue weighted by Gasteiger charge is 2.17. The van der Waals surface area contributed by atoms with Gasteiger partial charge in [0.05, 0.1) is 12.8 Å². The van der Waals surface area contributed by atoms with Gasteiger partial charge in [-0.25, -0.2) is 0 Å². The number of nitrogen functional groups attached to an aromatic ring is 1. The van der Waals surface area contributed by atoms with Crippen LogP contribution < -0.4 is 15.3 Å². The lowest BCUT2D eigenvalue weighted by Crippen LogP contribution is -2.11. The Balaban J connectivity index is 0.00000166. The van der Waals surface area contributed by atoms with Gasteiger partial charge in [-0.05, 0) is 47.3 Å². The summed E-state index contributed by atoms with van der Waals surface area (Å²) < 4.78 is 5.60. The zero-order valence-corrected chi connectivity index (χ0v) is 20.8. The molecular weight excluding hydrogens is 503 g/mol. The maximum absolute atomic E-state index is 10.2. The number of hydrogen-bond acceptors (Lipinski definition) is 5. The first-order valence-electron chi connectivity index (χ1n) is 10.7. The van der Waals surface area contributed by atoms with Crippen LogP contribution in [0.5, 0.6) is 11.5 Å². The van der Waals surface area contributed by atoms with Crippen molar-refractivity contribution < 1.29 is 9.57 Å². The van der Waals surface area contributed by atoms with Crippen LogP contribution >= 0.6 is 22.6 Å². The van der Waals surface area contributed by atoms with E-state index in [1.807, 2.05) is 29.2 Å². The molecule has 31 heavy (non-hydrogen) atoms. The number of allylic oxidation sites excluding steroid dienone is 1. The number of hydrogen-bond donors (Lipinski definition) is 1. The van der Waals surface area contributed by atoms with Gasteiger partial charge in [-0.15, -0.1) is 4.91 Å². The van der Waals surface area contributed by atoms with E-state index in [1.54, 1.807) is 19.2 Å². The summed E-state index contributed by atoms with van der Waals surface area (Å²) in [6.45, 7) is 2.36. The number of benzene rings is 2. The van der Waals surface area contributed by atoms with E-state index < -0.39 is 0 Å². The zero-order valence-electron chi connectivity index (χ0n) is 18.6. The summed E-state index contributed by atoms with van der Waals surface area (Å²) >= 11 is 2.15. The van der Waals surface area contributed by atoms with Crippen molar-refractivity contribution in [1.29, 1.82) is 0 Å². The fourth-order valence-electron chi connectivity index (χ4n) is 4.13. The fourth-order valence-corrected chi connectivity index (χ4v) is 4.13. The Morgan fingerprint density at radius 2 is 1.77 bits per heavy atom. The first kappa shape index (κ1) is 25.2. The summed E-state index contributed by atoms with van der Waals surface area (Å²) in [6, 6.07) is 11.1. The predicted molar refractivity (Wildman–Crippen MR) is 139 cm³/mol. The van der Waals surface area contributed by atoms with Gasteiger partial charge in [0.2, 0.25) is 0 Å². The minimum atomic E-state index is 0.390. The van der Waals surface area contributed by atoms with Crippen molar-refractivity contribution >= 4 is 34.4 Å². The van der Waals surface area contributed by atoms with Crippen LogP contribution in [0.1, 0.15) is 51.0 Å². The molecule has 0 aliphatic heterocycles. The molecule has 0 heterocycles. The van der Waals surface area contributed by atoms with Gasteiger partial charge >= 0.3 is 0 Å². The van der Waals surface area contributed by atoms with Crippen molar-refractivity contribution in [1.82, 2.24) is 0 Å². The summed E-state index contributed by atoms with van der Waals surface area (Å²) in [5, 5.41) is 2.43. The Bertz CT molecular complexity index is 845. The molecule has 2 N–H and O–H groups in total. The Morgan fingerprint density at radius 3 is 2.39 bits per heavy atom. The van der Waals surface area contributed by atoms with E-state index in [1.165, 1.54) is 32.1 Å². The second kappa shape index (κ2) is 13.3. The van der Waals surface area contributed by atoms with Gasteiger partial charge in [-0.1, -0.05) is 91.6 Å². The smallest absolute Gasteiger partial charge is 0.161 e. The normalized spacial score (nSPS) is 18.2. The molecule has 0 aromatic heterocycles. The quantitative estimate of drug-likeness (QED) is 0.124. The van der Waals surface area contributed by atoms with Gasteiger partial charge in [-0.2, -0.15) is 0 Å². The molecule has 0 spiro atoms. The molecule has 168 valence electrons. The molecule has 2 aromatic rings. The summed E-state index contributed by atoms with van der Waals surface area (Å²) in [6.07, 6.45) is 12.2. The molecule has 0 bridgehead atoms. The number of rotatable bonds is 8. The second-order valence-corrected chi connectivity index (χ2v) is 7.95. The topological polar surface area (TPSA) is 73.9 Å². The average molecular weight is 536 g/mol. The third kappa shape index (κ3) is 7.23. The molecule has 6 heteroatoms. The van der Waals surface area contributed by atoms with Crippen molar-refractivity contribution in [3.63, 3.8) is 0 Å². The van der Waals surface area contributed by atoms with E-state index in [0.717, 1.165) is 34.9 Å². The van der Waals surface area contributed by atoms with Crippen LogP contribution in [0, 0.1) is 16.7 Å². The van der Waals surface area contributed by atoms with E-state index in [2.05, 4.69) is 51.8 Å². The molecule has 0 amide bonds. The molecule has 0 saturated heterocycles. The third-order valence-corrected chi connectivity index (χ3v) is 5.91. The van der Waals surface area contributed by atoms with Crippen LogP contribution in [0.15, 0.2) is 47.8 Å². The van der Waals surface area contributed by atoms with E-state index in [9.17, 15) is 4.91 Å². The number of nitrogens with two attached hydrogens (primary N) is 1. The molecule has 2 aromatic carbocycles. The molecule has 1 aliphatic carbocycles. The van der Waals surface area contributed by atoms with Gasteiger partial charge in [0, 0.05) is 11.1 Å². The Hall–Kier alpha value is -2.09. The van der Waals surface area contributed by atoms with E-state index in [4.69, 9.17) is 10.5 Å². The Kier molecular flexibility index (Phi) is 10.8. The molecule has 3 rings (SSSR count). The minimum absolute atomic E-state index is 0.390. The van der Waals surface area contributed by atoms with Crippen LogP contribution in [-0.2, 0) is 0 Å². The molecule has 1 aliphatic rings. The van der Waals surface area contributed by atoms with Crippen molar-refractivity contribution in [3.8, 4) is 22.6 Å². The first-order valence-corrected chi connectivity index (χ1v) is 12.9. The third-order valence-electron chi connectivity index (χ3n) is 5.91. The predicted octanol–water partition coefficient (Wildman–Crippen LogP) is 7.68.